The van der Waals surface area contributed by atoms with Crippen LogP contribution >= 0.6 is 0 Å². The molecule has 0 radical (unpaired) electrons. The maximum absolute atomic E-state index is 12.9. The summed E-state index contributed by atoms with van der Waals surface area (Å²) >= 11 is 0. The third-order valence-electron chi connectivity index (χ3n) is 5.75. The van der Waals surface area contributed by atoms with Crippen LogP contribution in [0.3, 0.4) is 0 Å². The zero-order valence-corrected chi connectivity index (χ0v) is 17.2. The van der Waals surface area contributed by atoms with Gasteiger partial charge in [-0.15, -0.1) is 0 Å². The van der Waals surface area contributed by atoms with Crippen LogP contribution in [0, 0.1) is 5.92 Å². The highest BCUT2D eigenvalue weighted by Crippen LogP contribution is 2.40. The minimum Gasteiger partial charge on any atom is -0.444 e. The number of aliphatic hydroxyl groups is 1. The quantitative estimate of drug-likeness (QED) is 0.831. The first-order valence-electron chi connectivity index (χ1n) is 10.2. The Balaban J connectivity index is 1.54. The van der Waals surface area contributed by atoms with Crippen molar-refractivity contribution in [1.29, 1.82) is 0 Å². The number of nitrogens with one attached hydrogen (secondary N) is 1. The summed E-state index contributed by atoms with van der Waals surface area (Å²) in [6, 6.07) is 7.31. The van der Waals surface area contributed by atoms with Gasteiger partial charge in [-0.1, -0.05) is 25.0 Å². The third kappa shape index (κ3) is 5.04. The number of hydrogen-bond acceptors (Lipinski definition) is 4. The van der Waals surface area contributed by atoms with Gasteiger partial charge in [0.1, 0.15) is 5.60 Å². The van der Waals surface area contributed by atoms with E-state index in [2.05, 4.69) is 5.32 Å². The Morgan fingerprint density at radius 1 is 1.21 bits per heavy atom. The van der Waals surface area contributed by atoms with E-state index in [1.165, 1.54) is 0 Å². The van der Waals surface area contributed by atoms with Gasteiger partial charge in [0, 0.05) is 31.1 Å². The number of ether oxygens (including phenoxy) is 1. The lowest BCUT2D eigenvalue weighted by Crippen LogP contribution is -2.54. The molecule has 154 valence electrons. The van der Waals surface area contributed by atoms with Gasteiger partial charge in [0.25, 0.3) is 5.91 Å². The van der Waals surface area contributed by atoms with Crippen molar-refractivity contribution in [2.24, 2.45) is 5.92 Å². The van der Waals surface area contributed by atoms with E-state index in [0.717, 1.165) is 31.2 Å². The standard InChI is InChI=1S/C22H32N2O4/c1-21(2,3)28-20(26)23-14-16-7-9-17(10-8-16)19(25)24-13-12-22(27)11-5-4-6-18(22)15-24/h7-10,18,27H,4-6,11-15H2,1-3H3,(H,23,26)/t18-,22+/m0/s1. The van der Waals surface area contributed by atoms with Crippen LogP contribution in [0.15, 0.2) is 24.3 Å². The number of benzene rings is 1. The van der Waals surface area contributed by atoms with Crippen LogP contribution < -0.4 is 5.32 Å². The Kier molecular flexibility index (Phi) is 5.98. The number of carbonyl (C=O) groups is 2. The maximum Gasteiger partial charge on any atom is 0.407 e. The summed E-state index contributed by atoms with van der Waals surface area (Å²) in [5.74, 6) is 0.204. The number of rotatable bonds is 3. The second kappa shape index (κ2) is 8.11. The fourth-order valence-electron chi connectivity index (χ4n) is 4.19. The molecule has 2 fully saturated rings. The van der Waals surface area contributed by atoms with Crippen molar-refractivity contribution < 1.29 is 19.4 Å². The van der Waals surface area contributed by atoms with Crippen LogP contribution in [0.2, 0.25) is 0 Å². The molecule has 2 atom stereocenters. The van der Waals surface area contributed by atoms with Gasteiger partial charge in [0.2, 0.25) is 0 Å². The highest BCUT2D eigenvalue weighted by molar-refractivity contribution is 5.94. The number of carbonyl (C=O) groups excluding carboxylic acids is 2. The van der Waals surface area contributed by atoms with Gasteiger partial charge in [-0.25, -0.2) is 4.79 Å². The van der Waals surface area contributed by atoms with E-state index in [0.29, 0.717) is 31.6 Å². The minimum absolute atomic E-state index is 0.0132. The second-order valence-corrected chi connectivity index (χ2v) is 9.10. The van der Waals surface area contributed by atoms with Crippen LogP contribution in [-0.4, -0.2) is 46.3 Å². The van der Waals surface area contributed by atoms with Crippen molar-refractivity contribution in [3.63, 3.8) is 0 Å². The van der Waals surface area contributed by atoms with E-state index in [1.807, 2.05) is 37.8 Å². The first kappa shape index (κ1) is 20.6. The maximum atomic E-state index is 12.9. The number of nitrogens with zero attached hydrogens (tertiary/aromatic N) is 1. The number of piperidine rings is 1. The summed E-state index contributed by atoms with van der Waals surface area (Å²) in [6.07, 6.45) is 4.28. The molecule has 6 nitrogen and oxygen atoms in total. The Labute approximate surface area is 167 Å². The number of amides is 2. The average molecular weight is 389 g/mol. The van der Waals surface area contributed by atoms with Gasteiger partial charge < -0.3 is 20.1 Å². The van der Waals surface area contributed by atoms with Gasteiger partial charge in [-0.05, 0) is 57.7 Å². The van der Waals surface area contributed by atoms with Crippen molar-refractivity contribution in [3.8, 4) is 0 Å². The molecule has 1 heterocycles. The first-order valence-corrected chi connectivity index (χ1v) is 10.2. The summed E-state index contributed by atoms with van der Waals surface area (Å²) in [6.45, 7) is 7.05. The highest BCUT2D eigenvalue weighted by atomic mass is 16.6. The lowest BCUT2D eigenvalue weighted by molar-refractivity contribution is -0.0886. The van der Waals surface area contributed by atoms with E-state index in [-0.39, 0.29) is 11.8 Å². The summed E-state index contributed by atoms with van der Waals surface area (Å²) in [4.78, 5) is 26.5. The molecule has 28 heavy (non-hydrogen) atoms. The predicted molar refractivity (Wildman–Crippen MR) is 107 cm³/mol. The van der Waals surface area contributed by atoms with Crippen LogP contribution in [0.5, 0.6) is 0 Å². The lowest BCUT2D eigenvalue weighted by atomic mass is 9.71. The number of likely N-dealkylation sites (tertiary alicyclic amines) is 1. The topological polar surface area (TPSA) is 78.9 Å². The summed E-state index contributed by atoms with van der Waals surface area (Å²) in [5.41, 5.74) is 0.441. The Hall–Kier alpha value is -2.08. The molecule has 3 rings (SSSR count). The zero-order valence-electron chi connectivity index (χ0n) is 17.2. The number of fused-ring (bicyclic) bond motifs is 1. The van der Waals surface area contributed by atoms with E-state index in [9.17, 15) is 14.7 Å². The third-order valence-corrected chi connectivity index (χ3v) is 5.75. The molecule has 1 saturated heterocycles. The van der Waals surface area contributed by atoms with Crippen molar-refractivity contribution in [2.45, 2.75) is 70.6 Å². The van der Waals surface area contributed by atoms with E-state index in [1.54, 1.807) is 12.1 Å². The van der Waals surface area contributed by atoms with E-state index < -0.39 is 17.3 Å². The van der Waals surface area contributed by atoms with Gasteiger partial charge >= 0.3 is 6.09 Å². The molecule has 2 N–H and O–H groups in total. The molecule has 1 saturated carbocycles. The Bertz CT molecular complexity index is 710. The molecular formula is C22H32N2O4. The fourth-order valence-corrected chi connectivity index (χ4v) is 4.19. The first-order chi connectivity index (χ1) is 13.2. The van der Waals surface area contributed by atoms with Crippen molar-refractivity contribution in [1.82, 2.24) is 10.2 Å². The summed E-state index contributed by atoms with van der Waals surface area (Å²) < 4.78 is 5.22. The molecule has 0 bridgehead atoms. The minimum atomic E-state index is -0.577. The largest absolute Gasteiger partial charge is 0.444 e. The van der Waals surface area contributed by atoms with Gasteiger partial charge in [-0.2, -0.15) is 0 Å². The zero-order chi connectivity index (χ0) is 20.4. The predicted octanol–water partition coefficient (Wildman–Crippen LogP) is 3.48. The average Bonchev–Trinajstić information content (AvgIpc) is 2.64. The SMILES string of the molecule is CC(C)(C)OC(=O)NCc1ccc(C(=O)N2CC[C@]3(O)CCCC[C@H]3C2)cc1. The molecule has 2 amide bonds. The van der Waals surface area contributed by atoms with Crippen LogP contribution in [-0.2, 0) is 11.3 Å². The van der Waals surface area contributed by atoms with E-state index in [4.69, 9.17) is 4.74 Å². The molecule has 0 unspecified atom stereocenters. The summed E-state index contributed by atoms with van der Waals surface area (Å²) in [7, 11) is 0. The highest BCUT2D eigenvalue weighted by Gasteiger charge is 2.43. The fraction of sp³-hybridized carbons (Fsp3) is 0.636. The summed E-state index contributed by atoms with van der Waals surface area (Å²) in [5, 5.41) is 13.5. The molecule has 6 heteroatoms. The molecule has 0 spiro atoms. The second-order valence-electron chi connectivity index (χ2n) is 9.10. The smallest absolute Gasteiger partial charge is 0.407 e. The molecule has 0 aromatic heterocycles. The normalized spacial score (nSPS) is 25.0. The van der Waals surface area contributed by atoms with E-state index >= 15 is 0 Å². The van der Waals surface area contributed by atoms with Crippen molar-refractivity contribution >= 4 is 12.0 Å². The van der Waals surface area contributed by atoms with Gasteiger partial charge in [0.05, 0.1) is 5.60 Å². The van der Waals surface area contributed by atoms with Crippen molar-refractivity contribution in [3.05, 3.63) is 35.4 Å². The molecule has 1 aromatic carbocycles. The molecule has 1 aromatic rings. The number of hydrogen-bond donors (Lipinski definition) is 2. The lowest BCUT2D eigenvalue weighted by Gasteiger charge is -2.47. The van der Waals surface area contributed by atoms with Crippen molar-refractivity contribution in [2.75, 3.05) is 13.1 Å². The van der Waals surface area contributed by atoms with Crippen LogP contribution in [0.1, 0.15) is 68.8 Å². The molecule has 1 aliphatic carbocycles. The Morgan fingerprint density at radius 2 is 1.93 bits per heavy atom. The van der Waals surface area contributed by atoms with Gasteiger partial charge in [-0.3, -0.25) is 4.79 Å². The molecule has 2 aliphatic rings. The Morgan fingerprint density at radius 3 is 2.61 bits per heavy atom. The van der Waals surface area contributed by atoms with Gasteiger partial charge in [0.15, 0.2) is 0 Å². The molecule has 1 aliphatic heterocycles. The monoisotopic (exact) mass is 388 g/mol. The molecular weight excluding hydrogens is 356 g/mol. The van der Waals surface area contributed by atoms with Crippen LogP contribution in [0.25, 0.3) is 0 Å². The number of alkyl carbamates (subject to hydrolysis) is 1. The van der Waals surface area contributed by atoms with Crippen LogP contribution in [0.4, 0.5) is 4.79 Å².